The van der Waals surface area contributed by atoms with Gasteiger partial charge in [-0.15, -0.1) is 0 Å². The Morgan fingerprint density at radius 2 is 1.41 bits per heavy atom. The maximum Gasteiger partial charge on any atom is 0.332 e. The second-order valence-electron chi connectivity index (χ2n) is 18.2. The van der Waals surface area contributed by atoms with Crippen molar-refractivity contribution >= 4 is 48.3 Å². The molecule has 2 aliphatic rings. The van der Waals surface area contributed by atoms with E-state index in [2.05, 4.69) is 25.3 Å². The molecule has 0 aliphatic carbocycles. The third-order valence-electron chi connectivity index (χ3n) is 12.9. The molecule has 2 saturated heterocycles. The van der Waals surface area contributed by atoms with E-state index in [1.165, 1.54) is 23.4 Å². The van der Waals surface area contributed by atoms with Crippen LogP contribution in [0.3, 0.4) is 0 Å². The van der Waals surface area contributed by atoms with Crippen LogP contribution in [0.1, 0.15) is 71.8 Å². The van der Waals surface area contributed by atoms with Gasteiger partial charge in [0.05, 0.1) is 33.3 Å². The smallest absolute Gasteiger partial charge is 0.332 e. The zero-order valence-electron chi connectivity index (χ0n) is 42.0. The summed E-state index contributed by atoms with van der Waals surface area (Å²) >= 11 is 5.71. The van der Waals surface area contributed by atoms with Crippen LogP contribution >= 0.6 is 7.15 Å². The summed E-state index contributed by atoms with van der Waals surface area (Å²) in [5.74, 6) is 0.343. The van der Waals surface area contributed by atoms with Gasteiger partial charge in [-0.25, -0.2) is 29.4 Å². The monoisotopic (exact) mass is 1080 g/mol. The Morgan fingerprint density at radius 3 is 2.04 bits per heavy atom. The molecule has 1 unspecified atom stereocenters. The van der Waals surface area contributed by atoms with Crippen LogP contribution in [0.15, 0.2) is 138 Å². The molecule has 0 saturated carbocycles. The predicted octanol–water partition coefficient (Wildman–Crippen LogP) is 6.49. The molecule has 2 fully saturated rings. The van der Waals surface area contributed by atoms with Gasteiger partial charge in [0.15, 0.2) is 17.0 Å². The van der Waals surface area contributed by atoms with Crippen LogP contribution in [-0.2, 0) is 55.4 Å². The largest absolute Gasteiger partial charge is 0.497 e. The lowest BCUT2D eigenvalue weighted by molar-refractivity contribution is -0.159. The average Bonchev–Trinajstić information content (AvgIpc) is 4.18. The fourth-order valence-electron chi connectivity index (χ4n) is 9.09. The molecule has 5 heterocycles. The van der Waals surface area contributed by atoms with Gasteiger partial charge >= 0.3 is 11.7 Å². The summed E-state index contributed by atoms with van der Waals surface area (Å²) in [5, 5.41) is 2.79. The zero-order valence-corrected chi connectivity index (χ0v) is 43.8. The van der Waals surface area contributed by atoms with E-state index in [0.29, 0.717) is 22.7 Å². The minimum absolute atomic E-state index is 0.0490. The van der Waals surface area contributed by atoms with Gasteiger partial charge in [0, 0.05) is 30.2 Å². The van der Waals surface area contributed by atoms with E-state index in [1.54, 1.807) is 69.9 Å². The van der Waals surface area contributed by atoms with E-state index in [4.69, 9.17) is 54.5 Å². The number of carbonyl (C=O) groups excluding carboxylic acids is 2. The highest BCUT2D eigenvalue weighted by atomic mass is 32.7. The number of amides is 1. The molecular weight excluding hydrogens is 1020 g/mol. The topological polar surface area (TPSA) is 248 Å². The Bertz CT molecular complexity index is 3190. The van der Waals surface area contributed by atoms with Crippen molar-refractivity contribution in [1.29, 1.82) is 0 Å². The molecule has 21 nitrogen and oxygen atoms in total. The fraction of sp³-hybridized carbons (Fsp3) is 0.340. The maximum atomic E-state index is 13.3. The standard InChI is InChI=1S/C53H56N7O14PS/c1-32(2)68-29-46(61)73-40-24-45(60-31-56-47-48(54-30-55-49(47)60)57-51(63)34-12-8-6-9-13-34)72-43(40)28-70-75(65,76)74-41-25-44(59-26-33(3)50(62)58-52(59)64)71-42(41)27-69-53(35-14-10-7-11-15-35,36-16-20-38(66-4)21-17-36)37-18-22-39(67-5)23-19-37/h6-23,26,30-32,40-45H,24-25,27-29H2,1-5H3,(H,65,76)(H,58,62,64)(H,54,55,57,63)/t40-,41-,42+,43+,44+,45+,75?/m0/s1. The SMILES string of the molecule is COc1ccc(C(OC[C@H]2O[C@@H](n3cc(C)c(=O)[nH]c3=O)C[C@@H]2O[P+](O)([S-])OC[C@H]2O[C@@H](n3cnc4c(NC(=O)c5ccccc5)ncnc43)C[C@@H]2OC(=O)COC(C)C)(c2ccccc2)c2ccc(OC)cc2)cc1. The normalized spacial score (nSPS) is 20.4. The number of aryl methyl sites for hydroxylation is 1. The highest BCUT2D eigenvalue weighted by Crippen LogP contribution is 2.58. The second kappa shape index (κ2) is 23.6. The summed E-state index contributed by atoms with van der Waals surface area (Å²) in [6.45, 7) is 4.16. The van der Waals surface area contributed by atoms with Gasteiger partial charge < -0.3 is 50.7 Å². The quantitative estimate of drug-likeness (QED) is 0.0301. The predicted molar refractivity (Wildman–Crippen MR) is 279 cm³/mol. The van der Waals surface area contributed by atoms with Crippen molar-refractivity contribution in [3.63, 3.8) is 0 Å². The second-order valence-corrected chi connectivity index (χ2v) is 21.0. The Morgan fingerprint density at radius 1 is 0.816 bits per heavy atom. The number of carbonyl (C=O) groups is 2. The maximum absolute atomic E-state index is 13.3. The number of imidazole rings is 1. The van der Waals surface area contributed by atoms with Gasteiger partial charge in [-0.05, 0) is 73.9 Å². The Balaban J connectivity index is 0.990. The van der Waals surface area contributed by atoms with Crippen LogP contribution < -0.4 is 26.0 Å². The summed E-state index contributed by atoms with van der Waals surface area (Å²) in [7, 11) is -1.13. The molecule has 0 bridgehead atoms. The first kappa shape index (κ1) is 54.0. The van der Waals surface area contributed by atoms with Crippen molar-refractivity contribution in [3.8, 4) is 11.5 Å². The molecule has 0 radical (unpaired) electrons. The van der Waals surface area contributed by atoms with Crippen molar-refractivity contribution in [3.05, 3.63) is 177 Å². The lowest BCUT2D eigenvalue weighted by Crippen LogP contribution is -2.39. The number of nitrogens with one attached hydrogen (secondary N) is 2. The number of esters is 1. The lowest BCUT2D eigenvalue weighted by atomic mass is 9.80. The first-order chi connectivity index (χ1) is 36.6. The van der Waals surface area contributed by atoms with Crippen molar-refractivity contribution < 1.29 is 56.7 Å². The van der Waals surface area contributed by atoms with Gasteiger partial charge in [0.25, 0.3) is 18.6 Å². The molecule has 9 rings (SSSR count). The molecule has 7 atom stereocenters. The number of hydrogen-bond donors (Lipinski definition) is 3. The van der Waals surface area contributed by atoms with Gasteiger partial charge in [0.2, 0.25) is 0 Å². The van der Waals surface area contributed by atoms with Gasteiger partial charge in [-0.2, -0.15) is 9.05 Å². The summed E-state index contributed by atoms with van der Waals surface area (Å²) in [5.41, 5.74) is 0.878. The first-order valence-electron chi connectivity index (χ1n) is 24.3. The number of aromatic nitrogens is 6. The number of hydrogen-bond acceptors (Lipinski definition) is 18. The lowest BCUT2D eigenvalue weighted by Gasteiger charge is -2.37. The van der Waals surface area contributed by atoms with E-state index >= 15 is 0 Å². The minimum atomic E-state index is -4.29. The van der Waals surface area contributed by atoms with Crippen LogP contribution in [0.2, 0.25) is 0 Å². The van der Waals surface area contributed by atoms with E-state index < -0.39 is 79.4 Å². The summed E-state index contributed by atoms with van der Waals surface area (Å²) < 4.78 is 58.0. The van der Waals surface area contributed by atoms with E-state index in [-0.39, 0.29) is 49.1 Å². The zero-order chi connectivity index (χ0) is 53.6. The van der Waals surface area contributed by atoms with E-state index in [9.17, 15) is 24.1 Å². The van der Waals surface area contributed by atoms with Gasteiger partial charge in [0.1, 0.15) is 73.5 Å². The number of rotatable bonds is 21. The Hall–Kier alpha value is -6.85. The highest BCUT2D eigenvalue weighted by molar-refractivity contribution is 8.35. The summed E-state index contributed by atoms with van der Waals surface area (Å²) in [6, 6.07) is 33.1. The number of nitrogens with zero attached hydrogens (tertiary/aromatic N) is 5. The third-order valence-corrected chi connectivity index (χ3v) is 14.5. The van der Waals surface area contributed by atoms with Crippen LogP contribution in [0, 0.1) is 6.92 Å². The molecule has 76 heavy (non-hydrogen) atoms. The van der Waals surface area contributed by atoms with Crippen LogP contribution in [0.4, 0.5) is 5.82 Å². The summed E-state index contributed by atoms with van der Waals surface area (Å²) in [4.78, 5) is 79.6. The Labute approximate surface area is 442 Å². The van der Waals surface area contributed by atoms with Crippen LogP contribution in [-0.4, -0.2) is 110 Å². The number of H-pyrrole nitrogens is 1. The van der Waals surface area contributed by atoms with Gasteiger partial charge in [-0.3, -0.25) is 23.7 Å². The van der Waals surface area contributed by atoms with Crippen molar-refractivity contribution in [2.45, 2.75) is 82.2 Å². The number of aromatic amines is 1. The number of fused-ring (bicyclic) bond motifs is 1. The molecule has 1 amide bonds. The third kappa shape index (κ3) is 12.1. The first-order valence-corrected chi connectivity index (χ1v) is 26.9. The van der Waals surface area contributed by atoms with Crippen LogP contribution in [0.5, 0.6) is 11.5 Å². The van der Waals surface area contributed by atoms with E-state index in [1.807, 2.05) is 78.9 Å². The molecule has 398 valence electrons. The molecule has 2 aliphatic heterocycles. The molecule has 23 heteroatoms. The number of benzene rings is 4. The minimum Gasteiger partial charge on any atom is -0.497 e. The molecule has 4 aromatic carbocycles. The van der Waals surface area contributed by atoms with Gasteiger partial charge in [-0.1, -0.05) is 72.8 Å². The summed E-state index contributed by atoms with van der Waals surface area (Å²) in [6.07, 6.45) is -2.06. The van der Waals surface area contributed by atoms with Crippen molar-refractivity contribution in [1.82, 2.24) is 29.1 Å². The average molecular weight is 1080 g/mol. The number of methoxy groups -OCH3 is 2. The number of ether oxygens (including phenoxy) is 7. The molecule has 3 aromatic heterocycles. The Kier molecular flexibility index (Phi) is 16.7. The fourth-order valence-corrected chi connectivity index (χ4v) is 10.6. The van der Waals surface area contributed by atoms with Crippen LogP contribution in [0.25, 0.3) is 11.2 Å². The molecule has 0 spiro atoms. The molecular formula is C53H56N7O14PS. The van der Waals surface area contributed by atoms with Crippen molar-refractivity contribution in [2.75, 3.05) is 39.4 Å². The van der Waals surface area contributed by atoms with Crippen molar-refractivity contribution in [2.24, 2.45) is 0 Å². The highest BCUT2D eigenvalue weighted by Gasteiger charge is 2.48. The number of anilines is 1. The molecule has 3 N–H and O–H groups in total. The van der Waals surface area contributed by atoms with E-state index in [0.717, 1.165) is 16.7 Å². The molecule has 7 aromatic rings.